The third kappa shape index (κ3) is 3.95. The molecule has 0 aliphatic heterocycles. The fraction of sp³-hybridized carbons (Fsp3) is 0.917. The van der Waals surface area contributed by atoms with Gasteiger partial charge in [-0.25, -0.2) is 0 Å². The van der Waals surface area contributed by atoms with Crippen LogP contribution in [0, 0.1) is 0 Å². The van der Waals surface area contributed by atoms with Gasteiger partial charge in [0.25, 0.3) is 0 Å². The van der Waals surface area contributed by atoms with Gasteiger partial charge in [0.1, 0.15) is 0 Å². The molecule has 0 aromatic heterocycles. The average Bonchev–Trinajstić information content (AvgIpc) is 2.26. The maximum absolute atomic E-state index is 12.1. The van der Waals surface area contributed by atoms with Crippen molar-refractivity contribution >= 4 is 18.3 Å². The second-order valence-corrected chi connectivity index (χ2v) is 4.80. The highest BCUT2D eigenvalue weighted by molar-refractivity contribution is 5.86. The van der Waals surface area contributed by atoms with E-state index in [0.29, 0.717) is 0 Å². The molecule has 0 saturated heterocycles. The van der Waals surface area contributed by atoms with Gasteiger partial charge in [0.2, 0.25) is 5.91 Å². The van der Waals surface area contributed by atoms with Gasteiger partial charge >= 0.3 is 0 Å². The van der Waals surface area contributed by atoms with Crippen LogP contribution in [0.3, 0.4) is 0 Å². The van der Waals surface area contributed by atoms with Crippen LogP contribution in [0.25, 0.3) is 0 Å². The Morgan fingerprint density at radius 1 is 1.31 bits per heavy atom. The van der Waals surface area contributed by atoms with Crippen LogP contribution in [0.15, 0.2) is 0 Å². The number of nitrogens with zero attached hydrogens (tertiary/aromatic N) is 1. The first kappa shape index (κ1) is 15.7. The zero-order valence-electron chi connectivity index (χ0n) is 10.5. The minimum absolute atomic E-state index is 0. The fourth-order valence-electron chi connectivity index (χ4n) is 2.27. The second-order valence-electron chi connectivity index (χ2n) is 4.80. The van der Waals surface area contributed by atoms with Crippen LogP contribution in [0.5, 0.6) is 0 Å². The van der Waals surface area contributed by atoms with E-state index < -0.39 is 5.54 Å². The molecule has 0 heterocycles. The van der Waals surface area contributed by atoms with Gasteiger partial charge in [-0.05, 0) is 19.3 Å². The lowest BCUT2D eigenvalue weighted by atomic mass is 9.81. The lowest BCUT2D eigenvalue weighted by Crippen LogP contribution is -2.55. The first-order chi connectivity index (χ1) is 7.10. The first-order valence-electron chi connectivity index (χ1n) is 6.14. The summed E-state index contributed by atoms with van der Waals surface area (Å²) in [5, 5.41) is 0. The van der Waals surface area contributed by atoms with Crippen molar-refractivity contribution in [2.24, 2.45) is 5.73 Å². The van der Waals surface area contributed by atoms with Crippen LogP contribution in [0.1, 0.15) is 51.9 Å². The first-order valence-corrected chi connectivity index (χ1v) is 6.14. The topological polar surface area (TPSA) is 46.3 Å². The second kappa shape index (κ2) is 7.13. The third-order valence-electron chi connectivity index (χ3n) is 3.37. The number of halogens is 1. The Bertz CT molecular complexity index is 215. The van der Waals surface area contributed by atoms with Crippen LogP contribution in [-0.4, -0.2) is 29.9 Å². The van der Waals surface area contributed by atoms with E-state index in [0.717, 1.165) is 45.1 Å². The number of carbonyl (C=O) groups excluding carboxylic acids is 1. The molecule has 1 rings (SSSR count). The highest BCUT2D eigenvalue weighted by Crippen LogP contribution is 2.27. The molecule has 1 aliphatic carbocycles. The Morgan fingerprint density at radius 2 is 1.88 bits per heavy atom. The monoisotopic (exact) mass is 248 g/mol. The lowest BCUT2D eigenvalue weighted by Gasteiger charge is -2.35. The highest BCUT2D eigenvalue weighted by atomic mass is 35.5. The summed E-state index contributed by atoms with van der Waals surface area (Å²) in [6.07, 6.45) is 7.34. The van der Waals surface area contributed by atoms with Gasteiger partial charge in [0.15, 0.2) is 0 Å². The summed E-state index contributed by atoms with van der Waals surface area (Å²) in [4.78, 5) is 13.9. The molecule has 0 radical (unpaired) electrons. The predicted molar refractivity (Wildman–Crippen MR) is 69.8 cm³/mol. The van der Waals surface area contributed by atoms with Crippen molar-refractivity contribution in [3.8, 4) is 0 Å². The summed E-state index contributed by atoms with van der Waals surface area (Å²) in [5.74, 6) is 0.149. The van der Waals surface area contributed by atoms with E-state index in [9.17, 15) is 4.79 Å². The van der Waals surface area contributed by atoms with Gasteiger partial charge in [-0.2, -0.15) is 0 Å². The van der Waals surface area contributed by atoms with Crippen molar-refractivity contribution in [1.29, 1.82) is 0 Å². The molecule has 0 bridgehead atoms. The van der Waals surface area contributed by atoms with Crippen molar-refractivity contribution in [2.75, 3.05) is 13.6 Å². The fourth-order valence-corrected chi connectivity index (χ4v) is 2.27. The summed E-state index contributed by atoms with van der Waals surface area (Å²) in [6.45, 7) is 2.98. The van der Waals surface area contributed by atoms with E-state index in [2.05, 4.69) is 6.92 Å². The molecule has 1 fully saturated rings. The largest absolute Gasteiger partial charge is 0.344 e. The van der Waals surface area contributed by atoms with E-state index in [4.69, 9.17) is 5.73 Å². The molecule has 1 aliphatic rings. The third-order valence-corrected chi connectivity index (χ3v) is 3.37. The van der Waals surface area contributed by atoms with Crippen LogP contribution in [-0.2, 0) is 4.79 Å². The Balaban J connectivity index is 0.00000225. The van der Waals surface area contributed by atoms with E-state index in [1.165, 1.54) is 6.42 Å². The Labute approximate surface area is 105 Å². The quantitative estimate of drug-likeness (QED) is 0.830. The van der Waals surface area contributed by atoms with Crippen molar-refractivity contribution in [3.63, 3.8) is 0 Å². The number of hydrogen-bond donors (Lipinski definition) is 1. The number of nitrogens with two attached hydrogens (primary N) is 1. The Hall–Kier alpha value is -0.280. The van der Waals surface area contributed by atoms with Gasteiger partial charge in [-0.15, -0.1) is 12.4 Å². The molecule has 0 aromatic rings. The minimum Gasteiger partial charge on any atom is -0.344 e. The molecule has 0 unspecified atom stereocenters. The maximum Gasteiger partial charge on any atom is 0.242 e. The van der Waals surface area contributed by atoms with Crippen LogP contribution >= 0.6 is 12.4 Å². The van der Waals surface area contributed by atoms with Crippen molar-refractivity contribution in [3.05, 3.63) is 0 Å². The molecule has 2 N–H and O–H groups in total. The van der Waals surface area contributed by atoms with E-state index in [1.54, 1.807) is 0 Å². The number of rotatable bonds is 4. The van der Waals surface area contributed by atoms with E-state index >= 15 is 0 Å². The molecule has 1 amide bonds. The zero-order chi connectivity index (χ0) is 11.3. The standard InChI is InChI=1S/C12H24N2O.ClH/c1-3-4-10-14(2)11(15)12(13)8-6-5-7-9-12;/h3-10,13H2,1-2H3;1H. The molecule has 16 heavy (non-hydrogen) atoms. The molecule has 96 valence electrons. The zero-order valence-corrected chi connectivity index (χ0v) is 11.3. The number of hydrogen-bond acceptors (Lipinski definition) is 2. The summed E-state index contributed by atoms with van der Waals surface area (Å²) < 4.78 is 0. The van der Waals surface area contributed by atoms with Gasteiger partial charge in [-0.1, -0.05) is 32.6 Å². The average molecular weight is 249 g/mol. The number of carbonyl (C=O) groups is 1. The molecule has 3 nitrogen and oxygen atoms in total. The minimum atomic E-state index is -0.555. The molecule has 1 saturated carbocycles. The van der Waals surface area contributed by atoms with Gasteiger partial charge in [-0.3, -0.25) is 4.79 Å². The summed E-state index contributed by atoms with van der Waals surface area (Å²) in [6, 6.07) is 0. The van der Waals surface area contributed by atoms with Crippen LogP contribution < -0.4 is 5.73 Å². The summed E-state index contributed by atoms with van der Waals surface area (Å²) in [5.41, 5.74) is 5.63. The molecule has 0 atom stereocenters. The van der Waals surface area contributed by atoms with Crippen LogP contribution in [0.2, 0.25) is 0 Å². The van der Waals surface area contributed by atoms with Crippen molar-refractivity contribution in [2.45, 2.75) is 57.4 Å². The lowest BCUT2D eigenvalue weighted by molar-refractivity contribution is -0.136. The molecular formula is C12H25ClN2O. The molecular weight excluding hydrogens is 224 g/mol. The van der Waals surface area contributed by atoms with Crippen molar-refractivity contribution in [1.82, 2.24) is 4.90 Å². The van der Waals surface area contributed by atoms with E-state index in [-0.39, 0.29) is 18.3 Å². The Kier molecular flexibility index (Phi) is 7.00. The smallest absolute Gasteiger partial charge is 0.242 e. The molecule has 0 spiro atoms. The van der Waals surface area contributed by atoms with E-state index in [1.807, 2.05) is 11.9 Å². The highest BCUT2D eigenvalue weighted by Gasteiger charge is 2.36. The van der Waals surface area contributed by atoms with Gasteiger partial charge < -0.3 is 10.6 Å². The number of likely N-dealkylation sites (N-methyl/N-ethyl adjacent to an activating group) is 1. The summed E-state index contributed by atoms with van der Waals surface area (Å²) in [7, 11) is 1.88. The summed E-state index contributed by atoms with van der Waals surface area (Å²) >= 11 is 0. The van der Waals surface area contributed by atoms with Crippen LogP contribution in [0.4, 0.5) is 0 Å². The maximum atomic E-state index is 12.1. The normalized spacial score (nSPS) is 18.7. The van der Waals surface area contributed by atoms with Gasteiger partial charge in [0, 0.05) is 13.6 Å². The predicted octanol–water partition coefficient (Wildman–Crippen LogP) is 2.33. The molecule has 0 aromatic carbocycles. The number of amides is 1. The molecule has 4 heteroatoms. The Morgan fingerprint density at radius 3 is 2.38 bits per heavy atom. The number of unbranched alkanes of at least 4 members (excludes halogenated alkanes) is 1. The van der Waals surface area contributed by atoms with Gasteiger partial charge in [0.05, 0.1) is 5.54 Å². The van der Waals surface area contributed by atoms with Crippen molar-refractivity contribution < 1.29 is 4.79 Å². The SMILES string of the molecule is CCCCN(C)C(=O)C1(N)CCCCC1.Cl.